The summed E-state index contributed by atoms with van der Waals surface area (Å²) < 4.78 is 4.99. The Bertz CT molecular complexity index is 316. The van der Waals surface area contributed by atoms with Crippen LogP contribution in [0, 0.1) is 0 Å². The minimum Gasteiger partial charge on any atom is -0.479 e. The minimum absolute atomic E-state index is 0.312. The van der Waals surface area contributed by atoms with Gasteiger partial charge in [0, 0.05) is 6.54 Å². The van der Waals surface area contributed by atoms with Gasteiger partial charge in [-0.1, -0.05) is 0 Å². The lowest BCUT2D eigenvalue weighted by Gasteiger charge is -2.09. The number of rotatable bonds is 5. The van der Waals surface area contributed by atoms with Crippen molar-refractivity contribution in [3.8, 4) is 5.88 Å². The molecule has 1 unspecified atom stereocenters. The molecule has 1 aromatic heterocycles. The van der Waals surface area contributed by atoms with Crippen molar-refractivity contribution in [2.75, 3.05) is 24.7 Å². The van der Waals surface area contributed by atoms with Crippen LogP contribution in [0.15, 0.2) is 12.1 Å². The van der Waals surface area contributed by atoms with Crippen molar-refractivity contribution in [3.63, 3.8) is 0 Å². The second kappa shape index (κ2) is 5.41. The number of ether oxygens (including phenoxy) is 1. The standard InChI is InChI=1S/C10H17N3O2/c1-7(14)5-6-12-9-4-3-8(11)10(13-9)15-2/h3-4,7,14H,5-6,11H2,1-2H3,(H,12,13). The van der Waals surface area contributed by atoms with E-state index in [0.717, 1.165) is 0 Å². The van der Waals surface area contributed by atoms with Crippen molar-refractivity contribution in [2.45, 2.75) is 19.4 Å². The van der Waals surface area contributed by atoms with Crippen LogP contribution in [-0.2, 0) is 0 Å². The molecule has 5 nitrogen and oxygen atoms in total. The molecule has 4 N–H and O–H groups in total. The Labute approximate surface area is 89.3 Å². The van der Waals surface area contributed by atoms with E-state index in [0.29, 0.717) is 30.4 Å². The first-order chi connectivity index (χ1) is 7.13. The smallest absolute Gasteiger partial charge is 0.238 e. The van der Waals surface area contributed by atoms with E-state index in [2.05, 4.69) is 10.3 Å². The van der Waals surface area contributed by atoms with E-state index in [1.807, 2.05) is 0 Å². The highest BCUT2D eigenvalue weighted by Crippen LogP contribution is 2.19. The van der Waals surface area contributed by atoms with Gasteiger partial charge in [-0.05, 0) is 25.5 Å². The molecule has 0 amide bonds. The van der Waals surface area contributed by atoms with Gasteiger partial charge in [-0.2, -0.15) is 4.98 Å². The third-order valence-corrected chi connectivity index (χ3v) is 1.95. The highest BCUT2D eigenvalue weighted by Gasteiger charge is 2.02. The Morgan fingerprint density at radius 1 is 1.60 bits per heavy atom. The predicted octanol–water partition coefficient (Wildman–Crippen LogP) is 0.855. The molecule has 0 saturated carbocycles. The second-order valence-electron chi connectivity index (χ2n) is 3.36. The molecule has 0 aliphatic heterocycles. The van der Waals surface area contributed by atoms with E-state index < -0.39 is 0 Å². The molecule has 0 aliphatic carbocycles. The normalized spacial score (nSPS) is 12.2. The van der Waals surface area contributed by atoms with Crippen LogP contribution in [0.1, 0.15) is 13.3 Å². The molecule has 1 atom stereocenters. The average Bonchev–Trinajstić information content (AvgIpc) is 2.20. The van der Waals surface area contributed by atoms with Crippen molar-refractivity contribution < 1.29 is 9.84 Å². The molecule has 15 heavy (non-hydrogen) atoms. The van der Waals surface area contributed by atoms with Gasteiger partial charge in [-0.15, -0.1) is 0 Å². The first-order valence-corrected chi connectivity index (χ1v) is 4.86. The fraction of sp³-hybridized carbons (Fsp3) is 0.500. The number of hydrogen-bond donors (Lipinski definition) is 3. The van der Waals surface area contributed by atoms with Gasteiger partial charge >= 0.3 is 0 Å². The Morgan fingerprint density at radius 2 is 2.33 bits per heavy atom. The van der Waals surface area contributed by atoms with Crippen LogP contribution in [0.5, 0.6) is 5.88 Å². The zero-order valence-corrected chi connectivity index (χ0v) is 9.03. The monoisotopic (exact) mass is 211 g/mol. The third-order valence-electron chi connectivity index (χ3n) is 1.95. The molecule has 0 fully saturated rings. The number of pyridine rings is 1. The fourth-order valence-corrected chi connectivity index (χ4v) is 1.12. The number of nitrogens with two attached hydrogens (primary N) is 1. The van der Waals surface area contributed by atoms with Gasteiger partial charge in [-0.3, -0.25) is 0 Å². The van der Waals surface area contributed by atoms with E-state index in [-0.39, 0.29) is 6.10 Å². The highest BCUT2D eigenvalue weighted by molar-refractivity contribution is 5.53. The number of hydrogen-bond acceptors (Lipinski definition) is 5. The molecule has 1 aromatic rings. The number of nitrogens with zero attached hydrogens (tertiary/aromatic N) is 1. The predicted molar refractivity (Wildman–Crippen MR) is 60.0 cm³/mol. The van der Waals surface area contributed by atoms with E-state index in [4.69, 9.17) is 15.6 Å². The van der Waals surface area contributed by atoms with Gasteiger partial charge < -0.3 is 20.9 Å². The van der Waals surface area contributed by atoms with Crippen LogP contribution >= 0.6 is 0 Å². The molecule has 84 valence electrons. The van der Waals surface area contributed by atoms with Crippen LogP contribution < -0.4 is 15.8 Å². The number of aromatic nitrogens is 1. The molecule has 0 spiro atoms. The number of nitrogen functional groups attached to an aromatic ring is 1. The van der Waals surface area contributed by atoms with E-state index in [1.165, 1.54) is 7.11 Å². The van der Waals surface area contributed by atoms with Crippen molar-refractivity contribution >= 4 is 11.5 Å². The van der Waals surface area contributed by atoms with Gasteiger partial charge in [0.25, 0.3) is 0 Å². The molecular formula is C10H17N3O2. The highest BCUT2D eigenvalue weighted by atomic mass is 16.5. The molecule has 0 saturated heterocycles. The summed E-state index contributed by atoms with van der Waals surface area (Å²) in [5, 5.41) is 12.1. The maximum Gasteiger partial charge on any atom is 0.238 e. The first kappa shape index (κ1) is 11.6. The van der Waals surface area contributed by atoms with Crippen molar-refractivity contribution in [1.29, 1.82) is 0 Å². The zero-order valence-electron chi connectivity index (χ0n) is 9.03. The van der Waals surface area contributed by atoms with Gasteiger partial charge in [0.2, 0.25) is 5.88 Å². The third kappa shape index (κ3) is 3.63. The molecule has 0 radical (unpaired) electrons. The maximum absolute atomic E-state index is 9.07. The topological polar surface area (TPSA) is 80.4 Å². The van der Waals surface area contributed by atoms with Gasteiger partial charge in [0.15, 0.2) is 0 Å². The maximum atomic E-state index is 9.07. The average molecular weight is 211 g/mol. The first-order valence-electron chi connectivity index (χ1n) is 4.86. The molecule has 5 heteroatoms. The largest absolute Gasteiger partial charge is 0.479 e. The number of aliphatic hydroxyl groups excluding tert-OH is 1. The van der Waals surface area contributed by atoms with Gasteiger partial charge in [0.1, 0.15) is 5.82 Å². The summed E-state index contributed by atoms with van der Waals surface area (Å²) in [4.78, 5) is 4.15. The van der Waals surface area contributed by atoms with Gasteiger partial charge in [-0.25, -0.2) is 0 Å². The summed E-state index contributed by atoms with van der Waals surface area (Å²) in [6, 6.07) is 3.51. The summed E-state index contributed by atoms with van der Waals surface area (Å²) in [5.41, 5.74) is 6.13. The fourth-order valence-electron chi connectivity index (χ4n) is 1.12. The van der Waals surface area contributed by atoms with E-state index >= 15 is 0 Å². The molecule has 0 aromatic carbocycles. The molecular weight excluding hydrogens is 194 g/mol. The minimum atomic E-state index is -0.312. The summed E-state index contributed by atoms with van der Waals surface area (Å²) in [5.74, 6) is 1.11. The number of anilines is 2. The van der Waals surface area contributed by atoms with E-state index in [9.17, 15) is 0 Å². The second-order valence-corrected chi connectivity index (χ2v) is 3.36. The van der Waals surface area contributed by atoms with Gasteiger partial charge in [0.05, 0.1) is 18.9 Å². The van der Waals surface area contributed by atoms with Crippen molar-refractivity contribution in [3.05, 3.63) is 12.1 Å². The van der Waals surface area contributed by atoms with Crippen molar-refractivity contribution in [2.24, 2.45) is 0 Å². The molecule has 1 heterocycles. The SMILES string of the molecule is COc1nc(NCCC(C)O)ccc1N. The Hall–Kier alpha value is -1.49. The summed E-state index contributed by atoms with van der Waals surface area (Å²) in [7, 11) is 1.53. The summed E-state index contributed by atoms with van der Waals surface area (Å²) >= 11 is 0. The van der Waals surface area contributed by atoms with Crippen LogP contribution in [0.2, 0.25) is 0 Å². The Morgan fingerprint density at radius 3 is 2.93 bits per heavy atom. The van der Waals surface area contributed by atoms with Crippen LogP contribution in [0.3, 0.4) is 0 Å². The number of aliphatic hydroxyl groups is 1. The summed E-state index contributed by atoms with van der Waals surface area (Å²) in [6.45, 7) is 2.41. The molecule has 0 bridgehead atoms. The number of nitrogens with one attached hydrogen (secondary N) is 1. The van der Waals surface area contributed by atoms with Crippen molar-refractivity contribution in [1.82, 2.24) is 4.98 Å². The van der Waals surface area contributed by atoms with Crippen LogP contribution in [-0.4, -0.2) is 29.8 Å². The molecule has 1 rings (SSSR count). The van der Waals surface area contributed by atoms with Crippen LogP contribution in [0.4, 0.5) is 11.5 Å². The Balaban J connectivity index is 2.54. The Kier molecular flexibility index (Phi) is 4.17. The lowest BCUT2D eigenvalue weighted by atomic mass is 10.3. The lowest BCUT2D eigenvalue weighted by molar-refractivity contribution is 0.188. The van der Waals surface area contributed by atoms with E-state index in [1.54, 1.807) is 19.1 Å². The lowest BCUT2D eigenvalue weighted by Crippen LogP contribution is -2.11. The summed E-state index contributed by atoms with van der Waals surface area (Å²) in [6.07, 6.45) is 0.363. The zero-order chi connectivity index (χ0) is 11.3. The quantitative estimate of drug-likeness (QED) is 0.673. The number of methoxy groups -OCH3 is 1. The van der Waals surface area contributed by atoms with Crippen LogP contribution in [0.25, 0.3) is 0 Å². The molecule has 0 aliphatic rings.